The maximum atomic E-state index is 0. The van der Waals surface area contributed by atoms with Crippen molar-refractivity contribution in [3.8, 4) is 0 Å². The van der Waals surface area contributed by atoms with Crippen molar-refractivity contribution in [2.24, 2.45) is 0 Å². The van der Waals surface area contributed by atoms with Crippen LogP contribution in [-0.2, 0) is 0 Å². The van der Waals surface area contributed by atoms with Gasteiger partial charge in [0, 0.05) is 584 Å². The van der Waals surface area contributed by atoms with Crippen LogP contribution in [0.15, 0.2) is 0 Å². The Balaban J connectivity index is 0. The average molecular weight is 2030 g/mol. The van der Waals surface area contributed by atoms with Crippen LogP contribution >= 0.6 is 0 Å². The molecule has 18 heteroatoms. The Morgan fingerprint density at radius 3 is 0.167 bits per heavy atom. The topological polar surface area (TPSA) is 128 Å². The molecule has 0 aliphatic carbocycles. The Bertz CT molecular complexity index is 17.0. The van der Waals surface area contributed by atoms with Crippen LogP contribution in [-0.4, -0.2) is 16.4 Å². The van der Waals surface area contributed by atoms with Crippen molar-refractivity contribution in [2.45, 2.75) is 0 Å². The Morgan fingerprint density at radius 2 is 0.167 bits per heavy atom. The van der Waals surface area contributed by atoms with Crippen molar-refractivity contribution in [3.05, 3.63) is 6.15 Å². The molecule has 0 aliphatic rings. The van der Waals surface area contributed by atoms with Crippen LogP contribution in [0.2, 0.25) is 0 Å². The first-order chi connectivity index (χ1) is 0. The summed E-state index contributed by atoms with van der Waals surface area (Å²) < 4.78 is 0. The fourth-order valence-electron chi connectivity index (χ4n) is 0. The normalized spacial score (nSPS) is 0. The summed E-state index contributed by atoms with van der Waals surface area (Å²) in [5.74, 6) is 0. The summed E-state index contributed by atoms with van der Waals surface area (Å²) in [5.41, 5.74) is 0. The van der Waals surface area contributed by atoms with Crippen molar-refractivity contribution in [2.75, 3.05) is 0 Å². The first-order valence-corrected chi connectivity index (χ1v) is 0. The largest absolute Gasteiger partial charge is 0.693 e. The molecule has 0 bridgehead atoms. The fourth-order valence-corrected chi connectivity index (χ4v) is 0. The molecule has 8 N–H and O–H groups in total. The van der Waals surface area contributed by atoms with Crippen molar-refractivity contribution < 1.29 is 601 Å². The summed E-state index contributed by atoms with van der Waals surface area (Å²) in [6.07, 6.45) is 0. The molecule has 0 saturated heterocycles. The Hall–Kier alpha value is 19.1. The zero-order chi connectivity index (χ0) is 0. The molecule has 88 valence electrons. The minimum absolute atomic E-state index is 0. The zero-order valence-corrected chi connectivity index (χ0v) is 53.0. The maximum Gasteiger partial charge on any atom is 0 e. The monoisotopic (exact) mass is 2030 g/mol. The quantitative estimate of drug-likeness (QED) is 0.273. The van der Waals surface area contributed by atoms with Crippen molar-refractivity contribution in [1.82, 2.24) is 0 Å². The third-order valence-corrected chi connectivity index (χ3v) is 0. The van der Waals surface area contributed by atoms with Gasteiger partial charge < -0.3 is 22.6 Å². The third kappa shape index (κ3) is 112. The van der Waals surface area contributed by atoms with Crippen molar-refractivity contribution in [3.63, 3.8) is 0 Å². The van der Waals surface area contributed by atoms with E-state index >= 15 is 0 Å². The van der Waals surface area contributed by atoms with E-state index in [0.717, 1.165) is 0 Å². The Kier molecular flexibility index (Phi) is 897. The molecule has 0 atom stereocenters. The summed E-state index contributed by atoms with van der Waals surface area (Å²) in [5, 5.41) is 0. The van der Waals surface area contributed by atoms with Gasteiger partial charge in [0.1, 0.15) is 0 Å². The number of hydrogen-bond acceptors (Lipinski definition) is 0. The molecule has 0 amide bonds. The van der Waals surface area contributed by atoms with E-state index in [-0.39, 0.29) is 607 Å². The summed E-state index contributed by atoms with van der Waals surface area (Å²) in [6, 6.07) is 0. The molecule has 0 aromatic heterocycles. The van der Waals surface area contributed by atoms with Gasteiger partial charge in [-0.25, -0.2) is 0 Å². The van der Waals surface area contributed by atoms with Crippen LogP contribution in [0.5, 0.6) is 0 Å². The predicted molar refractivity (Wildman–Crippen MR) is 16.1 cm³/mol. The average Bonchev–Trinajstić information content (AvgIpc) is 0. The maximum absolute atomic E-state index is 0. The van der Waals surface area contributed by atoms with Gasteiger partial charge in [0.25, 0.3) is 0 Å². The smallest absolute Gasteiger partial charge is 0 e. The van der Waals surface area contributed by atoms with E-state index < -0.39 is 0 Å². The predicted octanol–water partition coefficient (Wildman–Crippen LogP) is -1.76. The van der Waals surface area contributed by atoms with E-state index in [9.17, 15) is 0 Å². The fraction of sp³-hybridized carbons (Fsp3) is 0. The van der Waals surface area contributed by atoms with Crippen LogP contribution in [0.4, 0.5) is 0 Å². The molecule has 0 fully saturated rings. The molecule has 0 radical (unpaired) electrons. The zero-order valence-electron chi connectivity index (χ0n) is 9.08. The van der Waals surface area contributed by atoms with Gasteiger partial charge in [0.15, 0.2) is 0 Å². The van der Waals surface area contributed by atoms with Gasteiger partial charge in [-0.15, -0.1) is 0 Å². The molecule has 0 aromatic rings. The standard InChI is InChI=1S/14Ce.H2N.3H2O/h;;;;;;;;;;;;;;4*1H2/q;;;;;;;;;;;;;;-1;;;. The molecule has 0 heterocycles. The summed E-state index contributed by atoms with van der Waals surface area (Å²) in [7, 11) is 0. The summed E-state index contributed by atoms with van der Waals surface area (Å²) in [4.78, 5) is 0. The molecule has 0 spiro atoms. The number of rotatable bonds is 0. The first-order valence-electron chi connectivity index (χ1n) is 0. The first kappa shape index (κ1) is 132. The summed E-state index contributed by atoms with van der Waals surface area (Å²) in [6.45, 7) is 0. The molecular formula is H8Ce14NO3-. The van der Waals surface area contributed by atoms with Crippen LogP contribution in [0.25, 0.3) is 6.15 Å². The SMILES string of the molecule is O.O.O.[Ce].[Ce].[Ce].[Ce].[Ce].[Ce].[Ce].[Ce].[Ce].[Ce].[Ce].[Ce].[Ce].[Ce].[NH2-]. The molecule has 0 rings (SSSR count). The van der Waals surface area contributed by atoms with E-state index in [0.29, 0.717) is 0 Å². The van der Waals surface area contributed by atoms with Gasteiger partial charge >= 0.3 is 0 Å². The van der Waals surface area contributed by atoms with Crippen LogP contribution < -0.4 is 0 Å². The van der Waals surface area contributed by atoms with Gasteiger partial charge in [-0.2, -0.15) is 0 Å². The van der Waals surface area contributed by atoms with Gasteiger partial charge in [-0.3, -0.25) is 0 Å². The second-order valence-electron chi connectivity index (χ2n) is 0. The molecule has 4 nitrogen and oxygen atoms in total. The van der Waals surface area contributed by atoms with E-state index in [1.54, 1.807) is 0 Å². The number of hydrogen-bond donors (Lipinski definition) is 0. The second-order valence-corrected chi connectivity index (χ2v) is 0. The molecule has 0 aliphatic heterocycles. The Morgan fingerprint density at radius 1 is 0.167 bits per heavy atom. The molecule has 18 heavy (non-hydrogen) atoms. The van der Waals surface area contributed by atoms with Gasteiger partial charge in [-0.05, 0) is 0 Å². The molecule has 0 saturated carbocycles. The number of nitrogens with two attached hydrogens (primary N) is 1. The second kappa shape index (κ2) is 122. The van der Waals surface area contributed by atoms with Gasteiger partial charge in [0.2, 0.25) is 0 Å². The van der Waals surface area contributed by atoms with E-state index in [1.165, 1.54) is 0 Å². The minimum atomic E-state index is 0. The third-order valence-electron chi connectivity index (χ3n) is 0. The van der Waals surface area contributed by atoms with Crippen molar-refractivity contribution in [1.29, 1.82) is 0 Å². The minimum Gasteiger partial charge on any atom is -0.693 e. The van der Waals surface area contributed by atoms with Crippen LogP contribution in [0.1, 0.15) is 0 Å². The van der Waals surface area contributed by atoms with Gasteiger partial charge in [-0.1, -0.05) is 0 Å². The molecule has 0 unspecified atom stereocenters. The van der Waals surface area contributed by atoms with E-state index in [4.69, 9.17) is 0 Å². The van der Waals surface area contributed by atoms with E-state index in [1.807, 2.05) is 0 Å². The van der Waals surface area contributed by atoms with Crippen molar-refractivity contribution >= 4 is 0 Å². The molecular weight excluding hydrogens is 2020 g/mol. The van der Waals surface area contributed by atoms with Crippen LogP contribution in [0.3, 0.4) is 0 Å². The summed E-state index contributed by atoms with van der Waals surface area (Å²) >= 11 is 0. The Labute approximate surface area is 582 Å². The molecule has 0 aromatic carbocycles. The van der Waals surface area contributed by atoms with Gasteiger partial charge in [0.05, 0.1) is 0 Å². The van der Waals surface area contributed by atoms with Crippen LogP contribution in [0, 0.1) is 584 Å². The van der Waals surface area contributed by atoms with E-state index in [2.05, 4.69) is 0 Å².